The molecule has 15 heavy (non-hydrogen) atoms. The van der Waals surface area contributed by atoms with Gasteiger partial charge in [-0.3, -0.25) is 0 Å². The zero-order chi connectivity index (χ0) is 10.7. The maximum absolute atomic E-state index is 4.48. The van der Waals surface area contributed by atoms with E-state index in [0.29, 0.717) is 6.54 Å². The van der Waals surface area contributed by atoms with Gasteiger partial charge in [-0.25, -0.2) is 4.98 Å². The van der Waals surface area contributed by atoms with Crippen molar-refractivity contribution < 1.29 is 0 Å². The predicted molar refractivity (Wildman–Crippen MR) is 66.3 cm³/mol. The third-order valence-corrected chi connectivity index (χ3v) is 3.04. The Morgan fingerprint density at radius 2 is 2.33 bits per heavy atom. The van der Waals surface area contributed by atoms with Crippen molar-refractivity contribution in [3.05, 3.63) is 23.8 Å². The molecule has 76 valence electrons. The first kappa shape index (κ1) is 10.0. The van der Waals surface area contributed by atoms with Gasteiger partial charge in [-0.15, -0.1) is 5.92 Å². The van der Waals surface area contributed by atoms with Crippen LogP contribution in [-0.2, 0) is 0 Å². The molecule has 0 amide bonds. The van der Waals surface area contributed by atoms with Crippen molar-refractivity contribution in [3.63, 3.8) is 0 Å². The molecule has 0 unspecified atom stereocenters. The summed E-state index contributed by atoms with van der Waals surface area (Å²) in [5, 5.41) is 4.13. The van der Waals surface area contributed by atoms with Crippen molar-refractivity contribution in [2.24, 2.45) is 0 Å². The zero-order valence-electron chi connectivity index (χ0n) is 8.79. The van der Waals surface area contributed by atoms with Gasteiger partial charge in [0.1, 0.15) is 0 Å². The second-order valence-electron chi connectivity index (χ2n) is 3.27. The van der Waals surface area contributed by atoms with Crippen LogP contribution in [0.1, 0.15) is 12.5 Å². The van der Waals surface area contributed by atoms with Gasteiger partial charge in [-0.05, 0) is 31.5 Å². The number of nitrogens with one attached hydrogen (secondary N) is 1. The number of aromatic nitrogens is 1. The Morgan fingerprint density at radius 3 is 3.13 bits per heavy atom. The van der Waals surface area contributed by atoms with Crippen molar-refractivity contribution in [1.82, 2.24) is 4.98 Å². The normalized spacial score (nSPS) is 9.73. The number of thiazole rings is 1. The first-order valence-electron chi connectivity index (χ1n) is 4.80. The number of hydrogen-bond donors (Lipinski definition) is 1. The Kier molecular flexibility index (Phi) is 2.89. The fourth-order valence-corrected chi connectivity index (χ4v) is 2.16. The molecule has 0 bridgehead atoms. The molecule has 2 rings (SSSR count). The fraction of sp³-hybridized carbons (Fsp3) is 0.250. The second kappa shape index (κ2) is 4.33. The molecule has 0 aliphatic rings. The van der Waals surface area contributed by atoms with Crippen LogP contribution in [0.5, 0.6) is 0 Å². The minimum absolute atomic E-state index is 0.662. The van der Waals surface area contributed by atoms with Crippen LogP contribution in [0.3, 0.4) is 0 Å². The minimum atomic E-state index is 0.662. The van der Waals surface area contributed by atoms with Gasteiger partial charge in [0, 0.05) is 0 Å². The summed E-state index contributed by atoms with van der Waals surface area (Å²) < 4.78 is 1.22. The summed E-state index contributed by atoms with van der Waals surface area (Å²) >= 11 is 1.67. The molecule has 0 fully saturated rings. The van der Waals surface area contributed by atoms with E-state index in [4.69, 9.17) is 0 Å². The molecule has 1 aromatic heterocycles. The molecular formula is C12H12N2S. The minimum Gasteiger partial charge on any atom is -0.351 e. The Morgan fingerprint density at radius 1 is 1.47 bits per heavy atom. The highest BCUT2D eigenvalue weighted by molar-refractivity contribution is 7.22. The van der Waals surface area contributed by atoms with Gasteiger partial charge in [0.2, 0.25) is 0 Å². The van der Waals surface area contributed by atoms with Crippen LogP contribution in [0, 0.1) is 18.8 Å². The number of nitrogens with zero attached hydrogens (tertiary/aromatic N) is 1. The molecule has 0 spiro atoms. The summed E-state index contributed by atoms with van der Waals surface area (Å²) in [7, 11) is 0. The van der Waals surface area contributed by atoms with Gasteiger partial charge in [0.25, 0.3) is 0 Å². The Balaban J connectivity index is 2.25. The summed E-state index contributed by atoms with van der Waals surface area (Å²) in [5.41, 5.74) is 2.31. The molecule has 0 atom stereocenters. The van der Waals surface area contributed by atoms with Crippen molar-refractivity contribution >= 4 is 26.7 Å². The van der Waals surface area contributed by atoms with Crippen molar-refractivity contribution in [3.8, 4) is 11.8 Å². The van der Waals surface area contributed by atoms with E-state index in [1.165, 1.54) is 10.3 Å². The summed E-state index contributed by atoms with van der Waals surface area (Å²) in [6.07, 6.45) is 0. The van der Waals surface area contributed by atoms with Crippen LogP contribution in [-0.4, -0.2) is 11.5 Å². The smallest absolute Gasteiger partial charge is 0.184 e. The standard InChI is InChI=1S/C12H12N2S/c1-3-4-7-13-12-14-10-8-9(2)5-6-11(10)15-12/h5-6,8H,7H2,1-2H3,(H,13,14). The second-order valence-corrected chi connectivity index (χ2v) is 4.30. The lowest BCUT2D eigenvalue weighted by molar-refractivity contribution is 1.33. The fourth-order valence-electron chi connectivity index (χ4n) is 1.32. The summed E-state index contributed by atoms with van der Waals surface area (Å²) in [5.74, 6) is 5.80. The van der Waals surface area contributed by atoms with Crippen LogP contribution in [0.25, 0.3) is 10.2 Å². The Labute approximate surface area is 93.3 Å². The lowest BCUT2D eigenvalue weighted by Gasteiger charge is -1.92. The highest BCUT2D eigenvalue weighted by Crippen LogP contribution is 2.26. The molecule has 0 saturated heterocycles. The molecule has 2 aromatic rings. The maximum atomic E-state index is 4.48. The highest BCUT2D eigenvalue weighted by Gasteiger charge is 2.01. The third-order valence-electron chi connectivity index (χ3n) is 2.05. The number of anilines is 1. The highest BCUT2D eigenvalue weighted by atomic mass is 32.1. The van der Waals surface area contributed by atoms with Gasteiger partial charge in [-0.1, -0.05) is 23.3 Å². The molecule has 3 heteroatoms. The van der Waals surface area contributed by atoms with Crippen LogP contribution in [0.4, 0.5) is 5.13 Å². The number of fused-ring (bicyclic) bond motifs is 1. The topological polar surface area (TPSA) is 24.9 Å². The number of rotatable bonds is 2. The van der Waals surface area contributed by atoms with E-state index in [1.54, 1.807) is 11.3 Å². The van der Waals surface area contributed by atoms with E-state index in [-0.39, 0.29) is 0 Å². The summed E-state index contributed by atoms with van der Waals surface area (Å²) in [6.45, 7) is 4.58. The maximum Gasteiger partial charge on any atom is 0.184 e. The molecule has 0 saturated carbocycles. The first-order valence-corrected chi connectivity index (χ1v) is 5.62. The lowest BCUT2D eigenvalue weighted by atomic mass is 10.2. The number of hydrogen-bond acceptors (Lipinski definition) is 3. The molecule has 1 N–H and O–H groups in total. The van der Waals surface area contributed by atoms with Crippen molar-refractivity contribution in [2.45, 2.75) is 13.8 Å². The van der Waals surface area contributed by atoms with Crippen LogP contribution in [0.2, 0.25) is 0 Å². The lowest BCUT2D eigenvalue weighted by Crippen LogP contribution is -1.97. The van der Waals surface area contributed by atoms with E-state index >= 15 is 0 Å². The van der Waals surface area contributed by atoms with Gasteiger partial charge in [0.05, 0.1) is 16.8 Å². The average molecular weight is 216 g/mol. The summed E-state index contributed by atoms with van der Waals surface area (Å²) in [4.78, 5) is 4.48. The molecule has 1 aromatic carbocycles. The van der Waals surface area contributed by atoms with Crippen LogP contribution < -0.4 is 5.32 Å². The predicted octanol–water partition coefficient (Wildman–Crippen LogP) is 3.04. The monoisotopic (exact) mass is 216 g/mol. The van der Waals surface area contributed by atoms with E-state index < -0.39 is 0 Å². The first-order chi connectivity index (χ1) is 7.29. The number of benzene rings is 1. The summed E-state index contributed by atoms with van der Waals surface area (Å²) in [6, 6.07) is 6.32. The van der Waals surface area contributed by atoms with E-state index in [2.05, 4.69) is 47.3 Å². The zero-order valence-corrected chi connectivity index (χ0v) is 9.61. The van der Waals surface area contributed by atoms with E-state index in [0.717, 1.165) is 10.6 Å². The Hall–Kier alpha value is -1.53. The quantitative estimate of drug-likeness (QED) is 0.780. The van der Waals surface area contributed by atoms with Gasteiger partial charge in [-0.2, -0.15) is 0 Å². The van der Waals surface area contributed by atoms with E-state index in [1.807, 2.05) is 6.92 Å². The molecular weight excluding hydrogens is 204 g/mol. The number of aryl methyl sites for hydroxylation is 1. The molecule has 1 heterocycles. The molecule has 2 nitrogen and oxygen atoms in total. The van der Waals surface area contributed by atoms with Gasteiger partial charge in [0.15, 0.2) is 5.13 Å². The van der Waals surface area contributed by atoms with E-state index in [9.17, 15) is 0 Å². The largest absolute Gasteiger partial charge is 0.351 e. The van der Waals surface area contributed by atoms with Crippen LogP contribution in [0.15, 0.2) is 18.2 Å². The Bertz CT molecular complexity index is 531. The van der Waals surface area contributed by atoms with Crippen LogP contribution >= 0.6 is 11.3 Å². The molecule has 0 aliphatic carbocycles. The average Bonchev–Trinajstić information content (AvgIpc) is 2.60. The molecule has 0 radical (unpaired) electrons. The SMILES string of the molecule is CC#CCNc1nc2cc(C)ccc2s1. The van der Waals surface area contributed by atoms with Gasteiger partial charge < -0.3 is 5.32 Å². The van der Waals surface area contributed by atoms with Crippen molar-refractivity contribution in [1.29, 1.82) is 0 Å². The molecule has 0 aliphatic heterocycles. The third kappa shape index (κ3) is 2.28. The van der Waals surface area contributed by atoms with Gasteiger partial charge >= 0.3 is 0 Å². The van der Waals surface area contributed by atoms with Crippen molar-refractivity contribution in [2.75, 3.05) is 11.9 Å².